The fourth-order valence-corrected chi connectivity index (χ4v) is 2.50. The lowest BCUT2D eigenvalue weighted by Crippen LogP contribution is -2.37. The summed E-state index contributed by atoms with van der Waals surface area (Å²) in [5, 5.41) is 11.8. The van der Waals surface area contributed by atoms with Crippen LogP contribution in [0.4, 0.5) is 0 Å². The van der Waals surface area contributed by atoms with Crippen LogP contribution in [0.25, 0.3) is 0 Å². The van der Waals surface area contributed by atoms with Crippen molar-refractivity contribution in [3.63, 3.8) is 0 Å². The first-order valence-corrected chi connectivity index (χ1v) is 7.56. The van der Waals surface area contributed by atoms with Gasteiger partial charge in [0.1, 0.15) is 0 Å². The fraction of sp³-hybridized carbons (Fsp3) is 0.444. The van der Waals surface area contributed by atoms with Gasteiger partial charge in [-0.3, -0.25) is 9.59 Å². The van der Waals surface area contributed by atoms with Crippen molar-refractivity contribution in [3.8, 4) is 0 Å². The molecule has 0 fully saturated rings. The van der Waals surface area contributed by atoms with Gasteiger partial charge in [-0.25, -0.2) is 0 Å². The molecule has 1 aromatic rings. The molecule has 2 N–H and O–H groups in total. The highest BCUT2D eigenvalue weighted by Crippen LogP contribution is 2.22. The molecule has 0 saturated carbocycles. The number of hydrogen-bond donors (Lipinski definition) is 2. The standard InChI is InChI=1S/C18H23NO3/c1-18(2,3)14-7-5-13(6-8-14)16(21)17(22)19-15-9-4-12(10-15)11-20/h4-9,12,15,20H,10-11H2,1-3H3,(H,19,22)/t12-,15+/m0/s1. The molecule has 0 spiro atoms. The summed E-state index contributed by atoms with van der Waals surface area (Å²) in [5.74, 6) is -1.07. The van der Waals surface area contributed by atoms with Gasteiger partial charge in [0.15, 0.2) is 0 Å². The van der Waals surface area contributed by atoms with Gasteiger partial charge < -0.3 is 10.4 Å². The highest BCUT2D eigenvalue weighted by atomic mass is 16.3. The monoisotopic (exact) mass is 301 g/mol. The molecular weight excluding hydrogens is 278 g/mol. The second-order valence-electron chi connectivity index (χ2n) is 6.80. The van der Waals surface area contributed by atoms with Crippen molar-refractivity contribution in [2.75, 3.05) is 6.61 Å². The van der Waals surface area contributed by atoms with Gasteiger partial charge in [0.05, 0.1) is 0 Å². The van der Waals surface area contributed by atoms with E-state index in [4.69, 9.17) is 5.11 Å². The largest absolute Gasteiger partial charge is 0.396 e. The highest BCUT2D eigenvalue weighted by Gasteiger charge is 2.24. The van der Waals surface area contributed by atoms with E-state index in [9.17, 15) is 9.59 Å². The van der Waals surface area contributed by atoms with E-state index in [1.807, 2.05) is 24.3 Å². The number of aliphatic hydroxyl groups excluding tert-OH is 1. The maximum atomic E-state index is 12.2. The molecule has 0 aromatic heterocycles. The molecule has 4 heteroatoms. The van der Waals surface area contributed by atoms with E-state index in [2.05, 4.69) is 26.1 Å². The third-order valence-electron chi connectivity index (χ3n) is 3.94. The van der Waals surface area contributed by atoms with Crippen LogP contribution in [0.2, 0.25) is 0 Å². The Morgan fingerprint density at radius 2 is 1.82 bits per heavy atom. The molecular formula is C18H23NO3. The zero-order valence-electron chi connectivity index (χ0n) is 13.3. The number of carbonyl (C=O) groups is 2. The van der Waals surface area contributed by atoms with Crippen LogP contribution in [0.15, 0.2) is 36.4 Å². The van der Waals surface area contributed by atoms with Crippen molar-refractivity contribution in [2.24, 2.45) is 5.92 Å². The first-order chi connectivity index (χ1) is 10.3. The molecule has 0 saturated heterocycles. The molecule has 2 rings (SSSR count). The van der Waals surface area contributed by atoms with Gasteiger partial charge in [0.25, 0.3) is 5.91 Å². The Morgan fingerprint density at radius 3 is 2.32 bits per heavy atom. The number of aliphatic hydroxyl groups is 1. The molecule has 0 unspecified atom stereocenters. The Morgan fingerprint density at radius 1 is 1.18 bits per heavy atom. The number of benzene rings is 1. The predicted octanol–water partition coefficient (Wildman–Crippen LogP) is 2.22. The van der Waals surface area contributed by atoms with E-state index in [0.717, 1.165) is 5.56 Å². The van der Waals surface area contributed by atoms with Crippen molar-refractivity contribution in [1.29, 1.82) is 0 Å². The van der Waals surface area contributed by atoms with Gasteiger partial charge in [-0.1, -0.05) is 57.2 Å². The Hall–Kier alpha value is -1.94. The summed E-state index contributed by atoms with van der Waals surface area (Å²) in [7, 11) is 0. The van der Waals surface area contributed by atoms with Crippen molar-refractivity contribution in [1.82, 2.24) is 5.32 Å². The van der Waals surface area contributed by atoms with Crippen LogP contribution in [0.5, 0.6) is 0 Å². The summed E-state index contributed by atoms with van der Waals surface area (Å²) in [6.07, 6.45) is 4.33. The zero-order valence-corrected chi connectivity index (χ0v) is 13.3. The summed E-state index contributed by atoms with van der Waals surface area (Å²) in [6.45, 7) is 6.35. The molecule has 0 bridgehead atoms. The number of amides is 1. The SMILES string of the molecule is CC(C)(C)c1ccc(C(=O)C(=O)N[C@@H]2C=C[C@H](CO)C2)cc1. The van der Waals surface area contributed by atoms with Crippen LogP contribution in [-0.2, 0) is 10.2 Å². The molecule has 1 aromatic carbocycles. The lowest BCUT2D eigenvalue weighted by molar-refractivity contribution is -0.117. The lowest BCUT2D eigenvalue weighted by atomic mass is 9.86. The average molecular weight is 301 g/mol. The van der Waals surface area contributed by atoms with Gasteiger partial charge in [0, 0.05) is 24.1 Å². The summed E-state index contributed by atoms with van der Waals surface area (Å²) in [5.41, 5.74) is 1.53. The Labute approximate surface area is 131 Å². The number of ketones is 1. The number of nitrogens with one attached hydrogen (secondary N) is 1. The average Bonchev–Trinajstić information content (AvgIpc) is 2.93. The number of hydrogen-bond acceptors (Lipinski definition) is 3. The summed E-state index contributed by atoms with van der Waals surface area (Å²) in [6, 6.07) is 6.99. The van der Waals surface area contributed by atoms with Gasteiger partial charge >= 0.3 is 0 Å². The lowest BCUT2D eigenvalue weighted by Gasteiger charge is -2.19. The van der Waals surface area contributed by atoms with Crippen LogP contribution in [0.3, 0.4) is 0 Å². The number of rotatable bonds is 4. The minimum Gasteiger partial charge on any atom is -0.396 e. The Kier molecular flexibility index (Phi) is 4.81. The predicted molar refractivity (Wildman–Crippen MR) is 85.7 cm³/mol. The second-order valence-corrected chi connectivity index (χ2v) is 6.80. The van der Waals surface area contributed by atoms with Gasteiger partial charge in [0.2, 0.25) is 5.78 Å². The van der Waals surface area contributed by atoms with Gasteiger partial charge in [-0.05, 0) is 17.4 Å². The van der Waals surface area contributed by atoms with Crippen LogP contribution in [-0.4, -0.2) is 29.4 Å². The zero-order chi connectivity index (χ0) is 16.3. The van der Waals surface area contributed by atoms with E-state index in [-0.39, 0.29) is 24.0 Å². The first kappa shape index (κ1) is 16.4. The molecule has 0 aliphatic heterocycles. The summed E-state index contributed by atoms with van der Waals surface area (Å²) < 4.78 is 0. The molecule has 1 aliphatic rings. The smallest absolute Gasteiger partial charge is 0.292 e. The third-order valence-corrected chi connectivity index (χ3v) is 3.94. The Bertz CT molecular complexity index is 581. The third kappa shape index (κ3) is 3.83. The molecule has 0 heterocycles. The van der Waals surface area contributed by atoms with Crippen LogP contribution in [0.1, 0.15) is 43.1 Å². The maximum absolute atomic E-state index is 12.2. The van der Waals surface area contributed by atoms with Crippen molar-refractivity contribution in [3.05, 3.63) is 47.5 Å². The van der Waals surface area contributed by atoms with Gasteiger partial charge in [-0.15, -0.1) is 0 Å². The maximum Gasteiger partial charge on any atom is 0.292 e. The van der Waals surface area contributed by atoms with E-state index in [0.29, 0.717) is 12.0 Å². The minimum atomic E-state index is -0.600. The molecule has 2 atom stereocenters. The number of carbonyl (C=O) groups excluding carboxylic acids is 2. The van der Waals surface area contributed by atoms with E-state index < -0.39 is 11.7 Å². The number of Topliss-reactive ketones (excluding diaryl/α,β-unsaturated/α-hetero) is 1. The molecule has 1 amide bonds. The van der Waals surface area contributed by atoms with E-state index >= 15 is 0 Å². The normalized spacial score (nSPS) is 20.9. The first-order valence-electron chi connectivity index (χ1n) is 7.56. The minimum absolute atomic E-state index is 0.0117. The summed E-state index contributed by atoms with van der Waals surface area (Å²) in [4.78, 5) is 24.2. The fourth-order valence-electron chi connectivity index (χ4n) is 2.50. The Balaban J connectivity index is 1.99. The molecule has 22 heavy (non-hydrogen) atoms. The van der Waals surface area contributed by atoms with E-state index in [1.165, 1.54) is 0 Å². The van der Waals surface area contributed by atoms with Crippen molar-refractivity contribution in [2.45, 2.75) is 38.6 Å². The summed E-state index contributed by atoms with van der Waals surface area (Å²) >= 11 is 0. The van der Waals surface area contributed by atoms with Crippen molar-refractivity contribution >= 4 is 11.7 Å². The molecule has 0 radical (unpaired) electrons. The molecule has 4 nitrogen and oxygen atoms in total. The molecule has 118 valence electrons. The van der Waals surface area contributed by atoms with Crippen molar-refractivity contribution < 1.29 is 14.7 Å². The second kappa shape index (κ2) is 6.44. The van der Waals surface area contributed by atoms with Crippen LogP contribution < -0.4 is 5.32 Å². The van der Waals surface area contributed by atoms with Gasteiger partial charge in [-0.2, -0.15) is 0 Å². The van der Waals surface area contributed by atoms with Crippen LogP contribution >= 0.6 is 0 Å². The quantitative estimate of drug-likeness (QED) is 0.509. The van der Waals surface area contributed by atoms with Crippen LogP contribution in [0, 0.1) is 5.92 Å². The van der Waals surface area contributed by atoms with E-state index in [1.54, 1.807) is 12.1 Å². The highest BCUT2D eigenvalue weighted by molar-refractivity contribution is 6.42. The molecule has 1 aliphatic carbocycles. The topological polar surface area (TPSA) is 66.4 Å².